The van der Waals surface area contributed by atoms with E-state index < -0.39 is 0 Å². The molecule has 0 atom stereocenters. The van der Waals surface area contributed by atoms with Crippen LogP contribution in [-0.2, 0) is 6.42 Å². The lowest BCUT2D eigenvalue weighted by atomic mass is 10.1. The van der Waals surface area contributed by atoms with Crippen molar-refractivity contribution in [2.45, 2.75) is 20.3 Å². The number of nitrogens with one attached hydrogen (secondary N) is 2. The average molecular weight is 328 g/mol. The lowest BCUT2D eigenvalue weighted by Crippen LogP contribution is -2.32. The highest BCUT2D eigenvalue weighted by atomic mass is 16.5. The van der Waals surface area contributed by atoms with Gasteiger partial charge in [-0.15, -0.1) is 0 Å². The SMILES string of the molecule is CCOc1ccccc1NC(=O)NCCOc1ccccc1CC. The van der Waals surface area contributed by atoms with Gasteiger partial charge < -0.3 is 20.1 Å². The van der Waals surface area contributed by atoms with Gasteiger partial charge in [-0.2, -0.15) is 0 Å². The molecule has 5 heteroatoms. The summed E-state index contributed by atoms with van der Waals surface area (Å²) in [5.41, 5.74) is 1.81. The molecule has 2 amide bonds. The Balaban J connectivity index is 1.78. The van der Waals surface area contributed by atoms with Crippen LogP contribution in [0.15, 0.2) is 48.5 Å². The minimum atomic E-state index is -0.283. The molecule has 0 bridgehead atoms. The fourth-order valence-corrected chi connectivity index (χ4v) is 2.28. The molecule has 0 aromatic heterocycles. The number of benzene rings is 2. The number of anilines is 1. The van der Waals surface area contributed by atoms with Crippen molar-refractivity contribution in [1.82, 2.24) is 5.32 Å². The number of carbonyl (C=O) groups excluding carboxylic acids is 1. The van der Waals surface area contributed by atoms with Crippen LogP contribution in [0.3, 0.4) is 0 Å². The van der Waals surface area contributed by atoms with Gasteiger partial charge in [0, 0.05) is 0 Å². The molecule has 0 spiro atoms. The molecule has 0 aliphatic heterocycles. The third kappa shape index (κ3) is 5.19. The van der Waals surface area contributed by atoms with Crippen molar-refractivity contribution in [3.05, 3.63) is 54.1 Å². The molecule has 0 saturated heterocycles. The molecule has 0 saturated carbocycles. The normalized spacial score (nSPS) is 10.1. The number of aryl methyl sites for hydroxylation is 1. The average Bonchev–Trinajstić information content (AvgIpc) is 2.61. The van der Waals surface area contributed by atoms with Crippen molar-refractivity contribution < 1.29 is 14.3 Å². The van der Waals surface area contributed by atoms with Crippen LogP contribution in [0.5, 0.6) is 11.5 Å². The quantitative estimate of drug-likeness (QED) is 0.724. The predicted octanol–water partition coefficient (Wildman–Crippen LogP) is 3.85. The first kappa shape index (κ1) is 17.7. The Hall–Kier alpha value is -2.69. The van der Waals surface area contributed by atoms with Gasteiger partial charge in [-0.1, -0.05) is 37.3 Å². The van der Waals surface area contributed by atoms with Gasteiger partial charge in [0.25, 0.3) is 0 Å². The molecule has 2 aromatic carbocycles. The van der Waals surface area contributed by atoms with Gasteiger partial charge in [0.1, 0.15) is 18.1 Å². The number of carbonyl (C=O) groups is 1. The fourth-order valence-electron chi connectivity index (χ4n) is 2.28. The number of urea groups is 1. The highest BCUT2D eigenvalue weighted by molar-refractivity contribution is 5.90. The van der Waals surface area contributed by atoms with Crippen LogP contribution >= 0.6 is 0 Å². The zero-order valence-corrected chi connectivity index (χ0v) is 14.2. The summed E-state index contributed by atoms with van der Waals surface area (Å²) in [6.07, 6.45) is 0.915. The molecule has 0 heterocycles. The summed E-state index contributed by atoms with van der Waals surface area (Å²) in [5, 5.41) is 5.56. The van der Waals surface area contributed by atoms with E-state index in [1.807, 2.05) is 49.4 Å². The summed E-state index contributed by atoms with van der Waals surface area (Å²) >= 11 is 0. The van der Waals surface area contributed by atoms with Crippen LogP contribution in [-0.4, -0.2) is 25.8 Å². The van der Waals surface area contributed by atoms with Crippen LogP contribution in [0.1, 0.15) is 19.4 Å². The van der Waals surface area contributed by atoms with Crippen LogP contribution in [0.4, 0.5) is 10.5 Å². The van der Waals surface area contributed by atoms with Crippen molar-refractivity contribution in [3.63, 3.8) is 0 Å². The Kier molecular flexibility index (Phi) is 6.95. The third-order valence-corrected chi connectivity index (χ3v) is 3.43. The van der Waals surface area contributed by atoms with E-state index in [0.29, 0.717) is 31.2 Å². The molecule has 0 radical (unpaired) electrons. The van der Waals surface area contributed by atoms with Crippen LogP contribution in [0, 0.1) is 0 Å². The Bertz CT molecular complexity index is 659. The maximum absolute atomic E-state index is 12.0. The van der Waals surface area contributed by atoms with Gasteiger partial charge in [0.15, 0.2) is 0 Å². The zero-order chi connectivity index (χ0) is 17.2. The van der Waals surface area contributed by atoms with Gasteiger partial charge in [-0.05, 0) is 37.1 Å². The first-order valence-corrected chi connectivity index (χ1v) is 8.22. The molecular weight excluding hydrogens is 304 g/mol. The molecule has 5 nitrogen and oxygen atoms in total. The van der Waals surface area contributed by atoms with Gasteiger partial charge >= 0.3 is 6.03 Å². The van der Waals surface area contributed by atoms with E-state index in [1.165, 1.54) is 0 Å². The fraction of sp³-hybridized carbons (Fsp3) is 0.316. The lowest BCUT2D eigenvalue weighted by molar-refractivity contribution is 0.247. The molecule has 0 aliphatic carbocycles. The van der Waals surface area contributed by atoms with E-state index in [-0.39, 0.29) is 6.03 Å². The molecule has 0 aliphatic rings. The number of para-hydroxylation sites is 3. The van der Waals surface area contributed by atoms with Gasteiger partial charge in [0.2, 0.25) is 0 Å². The van der Waals surface area contributed by atoms with E-state index in [0.717, 1.165) is 17.7 Å². The summed E-state index contributed by atoms with van der Waals surface area (Å²) in [5.74, 6) is 1.52. The summed E-state index contributed by atoms with van der Waals surface area (Å²) in [4.78, 5) is 12.0. The number of hydrogen-bond acceptors (Lipinski definition) is 3. The molecule has 24 heavy (non-hydrogen) atoms. The van der Waals surface area contributed by atoms with E-state index in [2.05, 4.69) is 17.6 Å². The predicted molar refractivity (Wildman–Crippen MR) is 95.9 cm³/mol. The first-order chi connectivity index (χ1) is 11.7. The highest BCUT2D eigenvalue weighted by Gasteiger charge is 2.07. The zero-order valence-electron chi connectivity index (χ0n) is 14.2. The van der Waals surface area contributed by atoms with E-state index in [1.54, 1.807) is 6.07 Å². The lowest BCUT2D eigenvalue weighted by Gasteiger charge is -2.13. The topological polar surface area (TPSA) is 59.6 Å². The standard InChI is InChI=1S/C19H24N2O3/c1-3-15-9-5-7-11-17(15)24-14-13-20-19(22)21-16-10-6-8-12-18(16)23-4-2/h5-12H,3-4,13-14H2,1-2H3,(H2,20,21,22). The van der Waals surface area contributed by atoms with Crippen molar-refractivity contribution in [3.8, 4) is 11.5 Å². The maximum Gasteiger partial charge on any atom is 0.319 e. The Morgan fingerprint density at radius 1 is 0.958 bits per heavy atom. The number of ether oxygens (including phenoxy) is 2. The van der Waals surface area contributed by atoms with Gasteiger partial charge in [-0.3, -0.25) is 0 Å². The maximum atomic E-state index is 12.0. The molecule has 2 rings (SSSR count). The third-order valence-electron chi connectivity index (χ3n) is 3.43. The second kappa shape index (κ2) is 9.45. The number of hydrogen-bond donors (Lipinski definition) is 2. The highest BCUT2D eigenvalue weighted by Crippen LogP contribution is 2.23. The van der Waals surface area contributed by atoms with Crippen molar-refractivity contribution in [1.29, 1.82) is 0 Å². The second-order valence-electron chi connectivity index (χ2n) is 5.12. The van der Waals surface area contributed by atoms with Crippen molar-refractivity contribution in [2.75, 3.05) is 25.1 Å². The van der Waals surface area contributed by atoms with Crippen molar-refractivity contribution >= 4 is 11.7 Å². The molecule has 0 unspecified atom stereocenters. The Morgan fingerprint density at radius 2 is 1.67 bits per heavy atom. The van der Waals surface area contributed by atoms with Crippen LogP contribution in [0.25, 0.3) is 0 Å². The van der Waals surface area contributed by atoms with Crippen molar-refractivity contribution in [2.24, 2.45) is 0 Å². The van der Waals surface area contributed by atoms with E-state index in [4.69, 9.17) is 9.47 Å². The number of amides is 2. The summed E-state index contributed by atoms with van der Waals surface area (Å²) in [6, 6.07) is 15.0. The van der Waals surface area contributed by atoms with Crippen LogP contribution in [0.2, 0.25) is 0 Å². The molecule has 2 N–H and O–H groups in total. The molecule has 2 aromatic rings. The Morgan fingerprint density at radius 3 is 2.42 bits per heavy atom. The smallest absolute Gasteiger partial charge is 0.319 e. The summed E-state index contributed by atoms with van der Waals surface area (Å²) in [7, 11) is 0. The molecule has 128 valence electrons. The molecule has 0 fully saturated rings. The largest absolute Gasteiger partial charge is 0.492 e. The summed E-state index contributed by atoms with van der Waals surface area (Å²) < 4.78 is 11.2. The first-order valence-electron chi connectivity index (χ1n) is 8.22. The second-order valence-corrected chi connectivity index (χ2v) is 5.12. The molecular formula is C19H24N2O3. The van der Waals surface area contributed by atoms with Crippen LogP contribution < -0.4 is 20.1 Å². The summed E-state index contributed by atoms with van der Waals surface area (Å²) in [6.45, 7) is 5.37. The van der Waals surface area contributed by atoms with Gasteiger partial charge in [0.05, 0.1) is 18.8 Å². The van der Waals surface area contributed by atoms with E-state index >= 15 is 0 Å². The van der Waals surface area contributed by atoms with E-state index in [9.17, 15) is 4.79 Å². The minimum Gasteiger partial charge on any atom is -0.492 e. The van der Waals surface area contributed by atoms with Gasteiger partial charge in [-0.25, -0.2) is 4.79 Å². The monoisotopic (exact) mass is 328 g/mol. The Labute approximate surface area is 143 Å². The number of rotatable bonds is 8. The minimum absolute atomic E-state index is 0.283.